The molecule has 2 heterocycles. The van der Waals surface area contributed by atoms with Gasteiger partial charge in [0.25, 0.3) is 0 Å². The van der Waals surface area contributed by atoms with Crippen LogP contribution in [-0.4, -0.2) is 10.1 Å². The zero-order valence-corrected chi connectivity index (χ0v) is 11.8. The van der Waals surface area contributed by atoms with Crippen molar-refractivity contribution >= 4 is 27.5 Å². The van der Waals surface area contributed by atoms with Crippen molar-refractivity contribution in [2.24, 2.45) is 0 Å². The molecule has 2 aromatic rings. The van der Waals surface area contributed by atoms with E-state index in [1.54, 1.807) is 13.0 Å². The van der Waals surface area contributed by atoms with Gasteiger partial charge in [0.1, 0.15) is 16.5 Å². The molecule has 0 saturated heterocycles. The Balaban J connectivity index is 2.27. The maximum atomic E-state index is 10.7. The topological polar surface area (TPSA) is 42.4 Å². The molecule has 1 aliphatic rings. The Morgan fingerprint density at radius 1 is 1.28 bits per heavy atom. The summed E-state index contributed by atoms with van der Waals surface area (Å²) in [5.74, 6) is 1.15. The van der Waals surface area contributed by atoms with Gasteiger partial charge in [-0.15, -0.1) is 0 Å². The molecule has 1 atom stereocenters. The first kappa shape index (κ1) is 12.0. The van der Waals surface area contributed by atoms with Crippen LogP contribution in [0.3, 0.4) is 0 Å². The summed E-state index contributed by atoms with van der Waals surface area (Å²) in [7, 11) is 0. The van der Waals surface area contributed by atoms with Crippen LogP contribution in [0.25, 0.3) is 0 Å². The lowest BCUT2D eigenvalue weighted by molar-refractivity contribution is 0.0898. The molecule has 0 bridgehead atoms. The molecule has 1 unspecified atom stereocenters. The number of nitrogens with zero attached hydrogens (tertiary/aromatic N) is 1. The Bertz CT molecular complexity index is 589. The predicted octanol–water partition coefficient (Wildman–Crippen LogP) is 3.86. The van der Waals surface area contributed by atoms with Gasteiger partial charge in [-0.1, -0.05) is 27.5 Å². The highest BCUT2D eigenvalue weighted by atomic mass is 79.9. The molecule has 3 rings (SSSR count). The summed E-state index contributed by atoms with van der Waals surface area (Å²) in [6.45, 7) is 1.72. The third kappa shape index (κ3) is 1.72. The highest BCUT2D eigenvalue weighted by molar-refractivity contribution is 9.10. The Hall–Kier alpha value is -1.10. The molecule has 1 aromatic carbocycles. The second-order valence-electron chi connectivity index (χ2n) is 4.32. The van der Waals surface area contributed by atoms with E-state index in [0.29, 0.717) is 27.8 Å². The number of aromatic nitrogens is 1. The minimum Gasteiger partial charge on any atom is -0.455 e. The van der Waals surface area contributed by atoms with E-state index >= 15 is 0 Å². The fraction of sp³-hybridized carbons (Fsp3) is 0.154. The molecule has 1 aromatic heterocycles. The third-order valence-electron chi connectivity index (χ3n) is 3.04. The number of ether oxygens (including phenoxy) is 1. The van der Waals surface area contributed by atoms with Gasteiger partial charge < -0.3 is 9.84 Å². The molecule has 92 valence electrons. The fourth-order valence-corrected chi connectivity index (χ4v) is 2.63. The van der Waals surface area contributed by atoms with Crippen molar-refractivity contribution < 1.29 is 9.84 Å². The summed E-state index contributed by atoms with van der Waals surface area (Å²) in [5.41, 5.74) is 0.166. The van der Waals surface area contributed by atoms with Crippen molar-refractivity contribution in [3.63, 3.8) is 0 Å². The van der Waals surface area contributed by atoms with Gasteiger partial charge in [-0.2, -0.15) is 0 Å². The van der Waals surface area contributed by atoms with Crippen LogP contribution in [0.4, 0.5) is 0 Å². The largest absolute Gasteiger partial charge is 0.455 e. The van der Waals surface area contributed by atoms with E-state index in [4.69, 9.17) is 16.3 Å². The minimum atomic E-state index is -1.15. The Kier molecular flexibility index (Phi) is 2.62. The van der Waals surface area contributed by atoms with Crippen LogP contribution in [0, 0.1) is 0 Å². The third-order valence-corrected chi connectivity index (χ3v) is 3.74. The first-order valence-corrected chi connectivity index (χ1v) is 6.52. The first-order valence-electron chi connectivity index (χ1n) is 5.35. The molecule has 0 aliphatic carbocycles. The van der Waals surface area contributed by atoms with E-state index < -0.39 is 5.60 Å². The van der Waals surface area contributed by atoms with Crippen molar-refractivity contribution in [3.05, 3.63) is 51.2 Å². The highest BCUT2D eigenvalue weighted by Crippen LogP contribution is 2.47. The number of hydrogen-bond acceptors (Lipinski definition) is 3. The monoisotopic (exact) mass is 325 g/mol. The number of fused-ring (bicyclic) bond motifs is 2. The Morgan fingerprint density at radius 2 is 2.00 bits per heavy atom. The highest BCUT2D eigenvalue weighted by Gasteiger charge is 2.36. The SMILES string of the molecule is CC1(O)c2cc(Br)ccc2Oc2cnc(Cl)cc21. The van der Waals surface area contributed by atoms with Crippen molar-refractivity contribution in [2.75, 3.05) is 0 Å². The van der Waals surface area contributed by atoms with E-state index in [1.165, 1.54) is 6.20 Å². The molecule has 0 saturated carbocycles. The zero-order chi connectivity index (χ0) is 12.9. The molecule has 1 N–H and O–H groups in total. The van der Waals surface area contributed by atoms with Crippen LogP contribution in [0.1, 0.15) is 18.1 Å². The van der Waals surface area contributed by atoms with E-state index in [1.807, 2.05) is 18.2 Å². The van der Waals surface area contributed by atoms with Gasteiger partial charge in [0, 0.05) is 15.6 Å². The number of aliphatic hydroxyl groups is 1. The summed E-state index contributed by atoms with van der Waals surface area (Å²) in [6.07, 6.45) is 1.52. The average molecular weight is 327 g/mol. The quantitative estimate of drug-likeness (QED) is 0.748. The molecular weight excluding hydrogens is 318 g/mol. The summed E-state index contributed by atoms with van der Waals surface area (Å²) in [4.78, 5) is 3.97. The van der Waals surface area contributed by atoms with Crippen molar-refractivity contribution in [1.82, 2.24) is 4.98 Å². The maximum absolute atomic E-state index is 10.7. The fourth-order valence-electron chi connectivity index (χ4n) is 2.11. The molecular formula is C13H9BrClNO2. The van der Waals surface area contributed by atoms with Crippen LogP contribution in [-0.2, 0) is 5.60 Å². The Morgan fingerprint density at radius 3 is 2.78 bits per heavy atom. The number of rotatable bonds is 0. The maximum Gasteiger partial charge on any atom is 0.152 e. The van der Waals surface area contributed by atoms with Gasteiger partial charge in [-0.25, -0.2) is 4.98 Å². The number of halogens is 2. The van der Waals surface area contributed by atoms with Gasteiger partial charge in [0.2, 0.25) is 0 Å². The van der Waals surface area contributed by atoms with E-state index in [-0.39, 0.29) is 0 Å². The lowest BCUT2D eigenvalue weighted by Crippen LogP contribution is -2.27. The van der Waals surface area contributed by atoms with Crippen molar-refractivity contribution in [3.8, 4) is 11.5 Å². The first-order chi connectivity index (χ1) is 8.48. The molecule has 3 nitrogen and oxygen atoms in total. The van der Waals surface area contributed by atoms with Gasteiger partial charge >= 0.3 is 0 Å². The van der Waals surface area contributed by atoms with Gasteiger partial charge in [0.05, 0.1) is 6.20 Å². The normalized spacial score (nSPS) is 20.9. The predicted molar refractivity (Wildman–Crippen MR) is 72.1 cm³/mol. The minimum absolute atomic E-state index is 0.330. The van der Waals surface area contributed by atoms with Crippen LogP contribution in [0.15, 0.2) is 34.9 Å². The Labute approximate surface area is 118 Å². The van der Waals surface area contributed by atoms with Crippen LogP contribution < -0.4 is 4.74 Å². The molecule has 0 amide bonds. The summed E-state index contributed by atoms with van der Waals surface area (Å²) >= 11 is 9.27. The number of pyridine rings is 1. The lowest BCUT2D eigenvalue weighted by Gasteiger charge is -2.32. The van der Waals surface area contributed by atoms with Gasteiger partial charge in [0.15, 0.2) is 5.75 Å². The van der Waals surface area contributed by atoms with Gasteiger partial charge in [-0.3, -0.25) is 0 Å². The molecule has 0 radical (unpaired) electrons. The second kappa shape index (κ2) is 3.95. The molecule has 1 aliphatic heterocycles. The van der Waals surface area contributed by atoms with E-state index in [9.17, 15) is 5.11 Å². The summed E-state index contributed by atoms with van der Waals surface area (Å²) in [6, 6.07) is 7.14. The number of hydrogen-bond donors (Lipinski definition) is 1. The van der Waals surface area contributed by atoms with E-state index in [0.717, 1.165) is 4.47 Å². The van der Waals surface area contributed by atoms with Gasteiger partial charge in [-0.05, 0) is 31.2 Å². The van der Waals surface area contributed by atoms with Crippen LogP contribution in [0.5, 0.6) is 11.5 Å². The summed E-state index contributed by atoms with van der Waals surface area (Å²) < 4.78 is 6.60. The molecule has 18 heavy (non-hydrogen) atoms. The molecule has 0 fully saturated rings. The van der Waals surface area contributed by atoms with Crippen molar-refractivity contribution in [1.29, 1.82) is 0 Å². The molecule has 0 spiro atoms. The molecule has 5 heteroatoms. The van der Waals surface area contributed by atoms with E-state index in [2.05, 4.69) is 20.9 Å². The lowest BCUT2D eigenvalue weighted by atomic mass is 9.86. The standard InChI is InChI=1S/C13H9BrClNO2/c1-13(17)8-4-7(14)2-3-10(8)18-11-6-16-12(15)5-9(11)13/h2-6,17H,1H3. The van der Waals surface area contributed by atoms with Crippen molar-refractivity contribution in [2.45, 2.75) is 12.5 Å². The smallest absolute Gasteiger partial charge is 0.152 e. The summed E-state index contributed by atoms with van der Waals surface area (Å²) in [5, 5.41) is 11.1. The average Bonchev–Trinajstić information content (AvgIpc) is 2.32. The zero-order valence-electron chi connectivity index (χ0n) is 9.45. The second-order valence-corrected chi connectivity index (χ2v) is 5.62. The van der Waals surface area contributed by atoms with Crippen LogP contribution >= 0.6 is 27.5 Å². The van der Waals surface area contributed by atoms with Crippen LogP contribution in [0.2, 0.25) is 5.15 Å². The number of benzene rings is 1.